The van der Waals surface area contributed by atoms with Crippen LogP contribution < -0.4 is 5.73 Å². The van der Waals surface area contributed by atoms with Crippen molar-refractivity contribution in [2.75, 3.05) is 6.54 Å². The summed E-state index contributed by atoms with van der Waals surface area (Å²) in [5.41, 5.74) is 6.35. The van der Waals surface area contributed by atoms with Gasteiger partial charge in [-0.15, -0.1) is 0 Å². The number of halogens is 2. The number of nitrogens with two attached hydrogens (primary N) is 1. The largest absolute Gasteiger partial charge is 0.330 e. The van der Waals surface area contributed by atoms with Gasteiger partial charge in [0.25, 0.3) is 0 Å². The molecule has 1 rings (SSSR count). The Balaban J connectivity index is 2.51. The van der Waals surface area contributed by atoms with E-state index in [1.807, 2.05) is 0 Å². The molecule has 0 saturated heterocycles. The van der Waals surface area contributed by atoms with Crippen LogP contribution in [0.1, 0.15) is 44.6 Å². The van der Waals surface area contributed by atoms with E-state index in [0.29, 0.717) is 35.3 Å². The number of carbonyl (C=O) groups excluding carboxylic acids is 1. The molecule has 2 N–H and O–H groups in total. The quantitative estimate of drug-likeness (QED) is 0.720. The lowest BCUT2D eigenvalue weighted by Crippen LogP contribution is -2.12. The maximum Gasteiger partial charge on any atom is 0.137 e. The second kappa shape index (κ2) is 9.38. The normalized spacial score (nSPS) is 12.4. The molecule has 0 saturated carbocycles. The van der Waals surface area contributed by atoms with E-state index in [0.717, 1.165) is 31.2 Å². The predicted molar refractivity (Wildman–Crippen MR) is 86.5 cm³/mol. The monoisotopic (exact) mass is 315 g/mol. The van der Waals surface area contributed by atoms with E-state index in [1.165, 1.54) is 0 Å². The average Bonchev–Trinajstić information content (AvgIpc) is 2.41. The number of hydrogen-bond donors (Lipinski definition) is 1. The Morgan fingerprint density at radius 2 is 1.85 bits per heavy atom. The molecule has 0 aliphatic carbocycles. The number of rotatable bonds is 9. The van der Waals surface area contributed by atoms with Crippen molar-refractivity contribution in [1.29, 1.82) is 0 Å². The summed E-state index contributed by atoms with van der Waals surface area (Å²) in [4.78, 5) is 12.1. The zero-order chi connectivity index (χ0) is 15.0. The highest BCUT2D eigenvalue weighted by molar-refractivity contribution is 6.36. The van der Waals surface area contributed by atoms with Crippen molar-refractivity contribution in [1.82, 2.24) is 0 Å². The minimum absolute atomic E-state index is 0.193. The molecule has 1 unspecified atom stereocenters. The highest BCUT2D eigenvalue weighted by Crippen LogP contribution is 2.26. The Hall–Kier alpha value is -0.570. The summed E-state index contributed by atoms with van der Waals surface area (Å²) < 4.78 is 0. The molecule has 2 nitrogen and oxygen atoms in total. The summed E-state index contributed by atoms with van der Waals surface area (Å²) in [6.45, 7) is 2.85. The first-order chi connectivity index (χ1) is 9.58. The van der Waals surface area contributed by atoms with Crippen LogP contribution in [0.2, 0.25) is 10.0 Å². The molecule has 20 heavy (non-hydrogen) atoms. The molecule has 0 amide bonds. The zero-order valence-electron chi connectivity index (χ0n) is 12.0. The Labute approximate surface area is 131 Å². The lowest BCUT2D eigenvalue weighted by molar-refractivity contribution is -0.118. The molecule has 1 atom stereocenters. The Morgan fingerprint density at radius 1 is 1.20 bits per heavy atom. The van der Waals surface area contributed by atoms with Gasteiger partial charge < -0.3 is 5.73 Å². The molecule has 1 aromatic rings. The highest BCUT2D eigenvalue weighted by Gasteiger charge is 2.13. The van der Waals surface area contributed by atoms with Crippen LogP contribution in [0.15, 0.2) is 18.2 Å². The molecular weight excluding hydrogens is 293 g/mol. The summed E-state index contributed by atoms with van der Waals surface area (Å²) in [5, 5.41) is 1.14. The summed E-state index contributed by atoms with van der Waals surface area (Å²) in [7, 11) is 0. The summed E-state index contributed by atoms with van der Waals surface area (Å²) in [6, 6.07) is 5.33. The Morgan fingerprint density at radius 3 is 2.40 bits per heavy atom. The van der Waals surface area contributed by atoms with E-state index in [-0.39, 0.29) is 5.78 Å². The molecule has 0 spiro atoms. The number of hydrogen-bond acceptors (Lipinski definition) is 2. The molecule has 0 radical (unpaired) electrons. The van der Waals surface area contributed by atoms with Gasteiger partial charge in [-0.2, -0.15) is 0 Å². The second-order valence-corrected chi connectivity index (χ2v) is 6.00. The van der Waals surface area contributed by atoms with Crippen molar-refractivity contribution in [2.45, 2.75) is 45.4 Å². The summed E-state index contributed by atoms with van der Waals surface area (Å²) >= 11 is 12.2. The van der Waals surface area contributed by atoms with Crippen LogP contribution in [0.4, 0.5) is 0 Å². The minimum Gasteiger partial charge on any atom is -0.330 e. The molecular formula is C16H23Cl2NO. The fourth-order valence-corrected chi connectivity index (χ4v) is 2.96. The minimum atomic E-state index is 0.193. The van der Waals surface area contributed by atoms with Crippen LogP contribution in [0, 0.1) is 5.92 Å². The van der Waals surface area contributed by atoms with Crippen LogP contribution >= 0.6 is 23.2 Å². The molecule has 0 aromatic heterocycles. The molecule has 4 heteroatoms. The predicted octanol–water partition coefficient (Wildman–Crippen LogP) is 4.65. The van der Waals surface area contributed by atoms with E-state index >= 15 is 0 Å². The van der Waals surface area contributed by atoms with Crippen molar-refractivity contribution in [2.24, 2.45) is 11.7 Å². The third-order valence-electron chi connectivity index (χ3n) is 3.54. The van der Waals surface area contributed by atoms with E-state index in [4.69, 9.17) is 28.9 Å². The third-order valence-corrected chi connectivity index (χ3v) is 4.25. The second-order valence-electron chi connectivity index (χ2n) is 5.19. The molecule has 0 heterocycles. The van der Waals surface area contributed by atoms with Gasteiger partial charge in [-0.1, -0.05) is 49.0 Å². The van der Waals surface area contributed by atoms with Crippen LogP contribution in [0.5, 0.6) is 0 Å². The third kappa shape index (κ3) is 5.82. The molecule has 0 fully saturated rings. The summed E-state index contributed by atoms with van der Waals surface area (Å²) in [6.07, 6.45) is 5.07. The number of carbonyl (C=O) groups is 1. The van der Waals surface area contributed by atoms with Gasteiger partial charge in [0, 0.05) is 22.9 Å². The Kier molecular flexibility index (Phi) is 8.20. The number of ketones is 1. The van der Waals surface area contributed by atoms with Crippen LogP contribution in [0.25, 0.3) is 0 Å². The standard InChI is InChI=1S/C16H23Cl2NO/c1-2-4-12(9-10-19)7-8-13(20)11-14-15(17)5-3-6-16(14)18/h3,5-6,12H,2,4,7-11,19H2,1H3. The lowest BCUT2D eigenvalue weighted by atomic mass is 9.92. The van der Waals surface area contributed by atoms with Gasteiger partial charge in [0.2, 0.25) is 0 Å². The molecule has 0 aliphatic rings. The topological polar surface area (TPSA) is 43.1 Å². The molecule has 0 aliphatic heterocycles. The van der Waals surface area contributed by atoms with Gasteiger partial charge in [0.05, 0.1) is 0 Å². The van der Waals surface area contributed by atoms with Crippen molar-refractivity contribution in [3.63, 3.8) is 0 Å². The van der Waals surface area contributed by atoms with Crippen molar-refractivity contribution < 1.29 is 4.79 Å². The molecule has 0 bridgehead atoms. The first kappa shape index (κ1) is 17.5. The maximum atomic E-state index is 12.1. The number of Topliss-reactive ketones (excluding diaryl/α,β-unsaturated/α-hetero) is 1. The van der Waals surface area contributed by atoms with Crippen LogP contribution in [0.3, 0.4) is 0 Å². The fourth-order valence-electron chi connectivity index (χ4n) is 2.43. The lowest BCUT2D eigenvalue weighted by Gasteiger charge is -2.14. The first-order valence-electron chi connectivity index (χ1n) is 7.23. The van der Waals surface area contributed by atoms with Gasteiger partial charge in [0.1, 0.15) is 5.78 Å². The number of benzene rings is 1. The van der Waals surface area contributed by atoms with Gasteiger partial charge in [-0.3, -0.25) is 4.79 Å². The SMILES string of the molecule is CCCC(CCN)CCC(=O)Cc1c(Cl)cccc1Cl. The van der Waals surface area contributed by atoms with Crippen molar-refractivity contribution >= 4 is 29.0 Å². The van der Waals surface area contributed by atoms with Gasteiger partial charge in [-0.05, 0) is 43.0 Å². The molecule has 112 valence electrons. The summed E-state index contributed by atoms with van der Waals surface area (Å²) in [5.74, 6) is 0.744. The van der Waals surface area contributed by atoms with Crippen molar-refractivity contribution in [3.8, 4) is 0 Å². The fraction of sp³-hybridized carbons (Fsp3) is 0.562. The van der Waals surface area contributed by atoms with Gasteiger partial charge in [0.15, 0.2) is 0 Å². The van der Waals surface area contributed by atoms with Gasteiger partial charge in [-0.25, -0.2) is 0 Å². The van der Waals surface area contributed by atoms with E-state index < -0.39 is 0 Å². The van der Waals surface area contributed by atoms with Crippen molar-refractivity contribution in [3.05, 3.63) is 33.8 Å². The Bertz CT molecular complexity index is 408. The smallest absolute Gasteiger partial charge is 0.137 e. The average molecular weight is 316 g/mol. The zero-order valence-corrected chi connectivity index (χ0v) is 13.5. The van der Waals surface area contributed by atoms with Crippen LogP contribution in [-0.4, -0.2) is 12.3 Å². The maximum absolute atomic E-state index is 12.1. The van der Waals surface area contributed by atoms with E-state index in [9.17, 15) is 4.79 Å². The van der Waals surface area contributed by atoms with Gasteiger partial charge >= 0.3 is 0 Å². The molecule has 1 aromatic carbocycles. The van der Waals surface area contributed by atoms with E-state index in [2.05, 4.69) is 6.92 Å². The first-order valence-corrected chi connectivity index (χ1v) is 7.98. The highest BCUT2D eigenvalue weighted by atomic mass is 35.5. The van der Waals surface area contributed by atoms with Crippen LogP contribution in [-0.2, 0) is 11.2 Å². The van der Waals surface area contributed by atoms with E-state index in [1.54, 1.807) is 18.2 Å².